The number of hydrogen-bond acceptors (Lipinski definition) is 3. The van der Waals surface area contributed by atoms with Crippen LogP contribution in [0.4, 0.5) is 0 Å². The van der Waals surface area contributed by atoms with Crippen molar-refractivity contribution in [2.24, 2.45) is 22.7 Å². The molecule has 0 aromatic rings. The zero-order valence-electron chi connectivity index (χ0n) is 18.9. The van der Waals surface area contributed by atoms with Gasteiger partial charge in [0, 0.05) is 18.8 Å². The highest BCUT2D eigenvalue weighted by molar-refractivity contribution is 5.39. The van der Waals surface area contributed by atoms with Crippen LogP contribution in [0.15, 0.2) is 35.5 Å². The van der Waals surface area contributed by atoms with Crippen LogP contribution in [0.25, 0.3) is 0 Å². The third-order valence-electron chi connectivity index (χ3n) is 8.53. The van der Waals surface area contributed by atoms with Crippen molar-refractivity contribution in [3.8, 4) is 11.8 Å². The average Bonchev–Trinajstić information content (AvgIpc) is 3.27. The van der Waals surface area contributed by atoms with Crippen LogP contribution in [0, 0.1) is 34.5 Å². The van der Waals surface area contributed by atoms with E-state index in [0.717, 1.165) is 17.6 Å². The zero-order chi connectivity index (χ0) is 21.7. The fourth-order valence-corrected chi connectivity index (χ4v) is 6.66. The molecule has 1 spiro atoms. The van der Waals surface area contributed by atoms with Gasteiger partial charge in [-0.3, -0.25) is 0 Å². The third-order valence-corrected chi connectivity index (χ3v) is 8.53. The molecule has 4 rings (SSSR count). The molecule has 164 valence electrons. The van der Waals surface area contributed by atoms with E-state index in [1.54, 1.807) is 0 Å². The van der Waals surface area contributed by atoms with Crippen LogP contribution in [0.3, 0.4) is 0 Å². The molecule has 0 bridgehead atoms. The summed E-state index contributed by atoms with van der Waals surface area (Å²) in [5, 5.41) is 30.1. The van der Waals surface area contributed by atoms with Gasteiger partial charge in [0.05, 0.1) is 17.8 Å². The van der Waals surface area contributed by atoms with Gasteiger partial charge in [-0.15, -0.1) is 5.92 Å². The first-order valence-electron chi connectivity index (χ1n) is 11.7. The number of fused-ring (bicyclic) bond motifs is 2. The van der Waals surface area contributed by atoms with E-state index in [4.69, 9.17) is 0 Å². The van der Waals surface area contributed by atoms with Gasteiger partial charge >= 0.3 is 0 Å². The van der Waals surface area contributed by atoms with E-state index in [9.17, 15) is 15.3 Å². The molecular formula is C27H38O3. The van der Waals surface area contributed by atoms with Crippen LogP contribution in [0.1, 0.15) is 78.6 Å². The number of aliphatic hydroxyl groups is 3. The lowest BCUT2D eigenvalue weighted by atomic mass is 9.61. The van der Waals surface area contributed by atoms with Gasteiger partial charge in [-0.05, 0) is 86.7 Å². The smallest absolute Gasteiger partial charge is 0.0811 e. The number of hydrogen-bond donors (Lipinski definition) is 3. The number of aliphatic hydroxyl groups excluding tert-OH is 2. The zero-order valence-corrected chi connectivity index (χ0v) is 18.9. The molecule has 0 radical (unpaired) electrons. The first kappa shape index (κ1) is 21.9. The predicted molar refractivity (Wildman–Crippen MR) is 120 cm³/mol. The fraction of sp³-hybridized carbons (Fsp3) is 0.704. The number of allylic oxidation sites excluding steroid dienone is 3. The molecule has 0 amide bonds. The molecule has 4 aliphatic rings. The Morgan fingerprint density at radius 3 is 2.73 bits per heavy atom. The highest BCUT2D eigenvalue weighted by Gasteiger charge is 2.69. The van der Waals surface area contributed by atoms with Crippen LogP contribution in [-0.4, -0.2) is 33.1 Å². The summed E-state index contributed by atoms with van der Waals surface area (Å²) in [4.78, 5) is 0. The van der Waals surface area contributed by atoms with Gasteiger partial charge in [0.2, 0.25) is 0 Å². The van der Waals surface area contributed by atoms with Crippen molar-refractivity contribution < 1.29 is 15.3 Å². The van der Waals surface area contributed by atoms with Crippen molar-refractivity contribution >= 4 is 0 Å². The first-order chi connectivity index (χ1) is 14.1. The van der Waals surface area contributed by atoms with E-state index in [-0.39, 0.29) is 0 Å². The Bertz CT molecular complexity index is 832. The average molecular weight is 411 g/mol. The molecule has 6 atom stereocenters. The maximum atomic E-state index is 10.1. The van der Waals surface area contributed by atoms with E-state index in [1.165, 1.54) is 37.7 Å². The van der Waals surface area contributed by atoms with Gasteiger partial charge < -0.3 is 15.3 Å². The molecular weight excluding hydrogens is 372 g/mol. The van der Waals surface area contributed by atoms with E-state index >= 15 is 0 Å². The third kappa shape index (κ3) is 3.83. The highest BCUT2D eigenvalue weighted by atomic mass is 16.3. The van der Waals surface area contributed by atoms with Gasteiger partial charge in [-0.1, -0.05) is 37.1 Å². The van der Waals surface area contributed by atoms with Crippen LogP contribution in [-0.2, 0) is 0 Å². The second-order valence-corrected chi connectivity index (χ2v) is 11.2. The molecule has 0 aromatic carbocycles. The minimum absolute atomic E-state index is 0.312. The normalized spacial score (nSPS) is 43.6. The Kier molecular flexibility index (Phi) is 5.59. The standard InChI is InChI=1S/C27H38O3/c1-18-20(15-22(28)16-24(18)29)10-9-19-7-5-13-26(4)23(19)11-14-27(26)17-21(27)8-6-12-25(2,3)30/h9-10,21-24,28-30H,1,5,7,11-17H2,2-4H3/b19-9-,20-10-/t21-,22+,23-,24-,26-,27-/m0/s1. The Hall–Kier alpha value is -1.34. The van der Waals surface area contributed by atoms with Crippen LogP contribution >= 0.6 is 0 Å². The summed E-state index contributed by atoms with van der Waals surface area (Å²) in [5.41, 5.74) is 3.25. The summed E-state index contributed by atoms with van der Waals surface area (Å²) in [7, 11) is 0. The summed E-state index contributed by atoms with van der Waals surface area (Å²) >= 11 is 0. The lowest BCUT2D eigenvalue weighted by molar-refractivity contribution is 0.0854. The lowest BCUT2D eigenvalue weighted by Gasteiger charge is -2.43. The second kappa shape index (κ2) is 7.66. The largest absolute Gasteiger partial charge is 0.393 e. The Labute approximate surface area is 182 Å². The minimum Gasteiger partial charge on any atom is -0.393 e. The molecule has 30 heavy (non-hydrogen) atoms. The van der Waals surface area contributed by atoms with Crippen molar-refractivity contribution in [3.05, 3.63) is 35.5 Å². The number of rotatable bonds is 2. The SMILES string of the molecule is C=C1/C(=C\C=C2\CCC[C@@]3(C)[C@H]2CC[C@@]32C[C@@H]2C#CCC(C)(C)O)C[C@@H](O)C[C@@H]1O. The molecule has 0 aromatic heterocycles. The minimum atomic E-state index is -0.713. The Balaban J connectivity index is 1.52. The summed E-state index contributed by atoms with van der Waals surface area (Å²) < 4.78 is 0. The summed E-state index contributed by atoms with van der Waals surface area (Å²) in [6.45, 7) is 10.2. The van der Waals surface area contributed by atoms with Crippen molar-refractivity contribution in [1.29, 1.82) is 0 Å². The van der Waals surface area contributed by atoms with Crippen molar-refractivity contribution in [3.63, 3.8) is 0 Å². The van der Waals surface area contributed by atoms with E-state index in [1.807, 2.05) is 13.8 Å². The molecule has 3 heteroatoms. The van der Waals surface area contributed by atoms with Gasteiger partial charge in [0.25, 0.3) is 0 Å². The van der Waals surface area contributed by atoms with Gasteiger partial charge in [0.1, 0.15) is 0 Å². The van der Waals surface area contributed by atoms with Crippen molar-refractivity contribution in [2.45, 2.75) is 96.4 Å². The molecule has 3 N–H and O–H groups in total. The maximum absolute atomic E-state index is 10.1. The maximum Gasteiger partial charge on any atom is 0.0811 e. The highest BCUT2D eigenvalue weighted by Crippen LogP contribution is 2.76. The summed E-state index contributed by atoms with van der Waals surface area (Å²) in [6, 6.07) is 0. The van der Waals surface area contributed by atoms with E-state index < -0.39 is 17.8 Å². The second-order valence-electron chi connectivity index (χ2n) is 11.2. The van der Waals surface area contributed by atoms with E-state index in [0.29, 0.717) is 41.9 Å². The quantitative estimate of drug-likeness (QED) is 0.579. The van der Waals surface area contributed by atoms with Crippen molar-refractivity contribution in [2.75, 3.05) is 0 Å². The van der Waals surface area contributed by atoms with Gasteiger partial charge in [-0.2, -0.15) is 0 Å². The molecule has 4 fully saturated rings. The van der Waals surface area contributed by atoms with E-state index in [2.05, 4.69) is 37.5 Å². The molecule has 0 unspecified atom stereocenters. The molecule has 3 nitrogen and oxygen atoms in total. The summed E-state index contributed by atoms with van der Waals surface area (Å²) in [5.74, 6) is 7.86. The predicted octanol–water partition coefficient (Wildman–Crippen LogP) is 4.68. The van der Waals surface area contributed by atoms with Gasteiger partial charge in [0.15, 0.2) is 0 Å². The topological polar surface area (TPSA) is 60.7 Å². The lowest BCUT2D eigenvalue weighted by Crippen LogP contribution is -2.35. The summed E-state index contributed by atoms with van der Waals surface area (Å²) in [6.07, 6.45) is 12.2. The molecule has 0 aliphatic heterocycles. The van der Waals surface area contributed by atoms with Crippen LogP contribution < -0.4 is 0 Å². The van der Waals surface area contributed by atoms with Crippen molar-refractivity contribution in [1.82, 2.24) is 0 Å². The first-order valence-corrected chi connectivity index (χ1v) is 11.7. The Morgan fingerprint density at radius 1 is 1.23 bits per heavy atom. The molecule has 4 aliphatic carbocycles. The molecule has 0 saturated heterocycles. The van der Waals surface area contributed by atoms with Gasteiger partial charge in [-0.25, -0.2) is 0 Å². The fourth-order valence-electron chi connectivity index (χ4n) is 6.66. The van der Waals surface area contributed by atoms with Crippen LogP contribution in [0.2, 0.25) is 0 Å². The Morgan fingerprint density at radius 2 is 2.00 bits per heavy atom. The van der Waals surface area contributed by atoms with Crippen LogP contribution in [0.5, 0.6) is 0 Å². The molecule has 0 heterocycles. The molecule has 4 saturated carbocycles. The monoisotopic (exact) mass is 410 g/mol.